The average molecular weight is 402 g/mol. The van der Waals surface area contributed by atoms with Crippen molar-refractivity contribution in [1.82, 2.24) is 15.2 Å². The first-order chi connectivity index (χ1) is 11.7. The molecule has 1 atom stereocenters. The smallest absolute Gasteiger partial charge is 0.422 e. The van der Waals surface area contributed by atoms with Gasteiger partial charge in [0.1, 0.15) is 0 Å². The summed E-state index contributed by atoms with van der Waals surface area (Å²) in [5.74, 6) is -2.19. The molecule has 1 unspecified atom stereocenters. The highest BCUT2D eigenvalue weighted by Gasteiger charge is 2.30. The first-order valence-corrected chi connectivity index (χ1v) is 7.62. The van der Waals surface area contributed by atoms with Crippen LogP contribution in [0.5, 0.6) is 11.8 Å². The predicted molar refractivity (Wildman–Crippen MR) is 87.0 cm³/mol. The number of carbonyl (C=O) groups is 1. The van der Waals surface area contributed by atoms with Crippen LogP contribution in [0.15, 0.2) is 6.07 Å². The third-order valence-corrected chi connectivity index (χ3v) is 3.83. The van der Waals surface area contributed by atoms with Gasteiger partial charge in [-0.1, -0.05) is 0 Å². The number of rotatable bonds is 6. The zero-order valence-electron chi connectivity index (χ0n) is 14.2. The molecule has 0 aliphatic carbocycles. The van der Waals surface area contributed by atoms with E-state index in [0.29, 0.717) is 0 Å². The summed E-state index contributed by atoms with van der Waals surface area (Å²) < 4.78 is 59.7. The maximum absolute atomic E-state index is 13.9. The lowest BCUT2D eigenvalue weighted by molar-refractivity contribution is -0.154. The maximum atomic E-state index is 13.9. The number of amides is 1. The largest absolute Gasteiger partial charge is 0.481 e. The van der Waals surface area contributed by atoms with Crippen LogP contribution in [0.3, 0.4) is 0 Å². The van der Waals surface area contributed by atoms with E-state index < -0.39 is 24.5 Å². The summed E-state index contributed by atoms with van der Waals surface area (Å²) in [5.41, 5.74) is 0.202. The fraction of sp³-hybridized carbons (Fsp3) is 0.600. The molecule has 1 saturated heterocycles. The summed E-state index contributed by atoms with van der Waals surface area (Å²) in [6.07, 6.45) is -2.96. The van der Waals surface area contributed by atoms with E-state index in [4.69, 9.17) is 4.74 Å². The van der Waals surface area contributed by atoms with Crippen molar-refractivity contribution in [2.75, 3.05) is 27.3 Å². The fourth-order valence-corrected chi connectivity index (χ4v) is 2.59. The number of likely N-dealkylation sites (N-methyl/N-ethyl adjacent to an activating group) is 1. The van der Waals surface area contributed by atoms with E-state index in [0.717, 1.165) is 25.5 Å². The Morgan fingerprint density at radius 1 is 1.42 bits per heavy atom. The third kappa shape index (κ3) is 5.87. The van der Waals surface area contributed by atoms with Crippen LogP contribution in [-0.2, 0) is 11.3 Å². The molecule has 1 aliphatic rings. The molecule has 6 nitrogen and oxygen atoms in total. The van der Waals surface area contributed by atoms with E-state index >= 15 is 0 Å². The lowest BCUT2D eigenvalue weighted by Gasteiger charge is -2.19. The molecule has 1 aliphatic heterocycles. The average Bonchev–Trinajstić information content (AvgIpc) is 2.96. The van der Waals surface area contributed by atoms with E-state index in [9.17, 15) is 22.4 Å². The van der Waals surface area contributed by atoms with Gasteiger partial charge in [0.2, 0.25) is 11.8 Å². The fourth-order valence-electron chi connectivity index (χ4n) is 2.59. The molecule has 1 fully saturated rings. The van der Waals surface area contributed by atoms with Crippen molar-refractivity contribution in [3.8, 4) is 11.8 Å². The van der Waals surface area contributed by atoms with Crippen LogP contribution in [0.1, 0.15) is 18.4 Å². The van der Waals surface area contributed by atoms with Crippen LogP contribution in [0.4, 0.5) is 17.6 Å². The van der Waals surface area contributed by atoms with Crippen molar-refractivity contribution in [3.63, 3.8) is 0 Å². The van der Waals surface area contributed by atoms with Gasteiger partial charge in [0.25, 0.3) is 5.88 Å². The first kappa shape index (κ1) is 22.2. The van der Waals surface area contributed by atoms with Gasteiger partial charge in [-0.3, -0.25) is 9.69 Å². The highest BCUT2D eigenvalue weighted by Crippen LogP contribution is 2.25. The molecule has 0 saturated carbocycles. The molecule has 0 bridgehead atoms. The zero-order valence-corrected chi connectivity index (χ0v) is 15.0. The van der Waals surface area contributed by atoms with Crippen molar-refractivity contribution >= 4 is 18.3 Å². The Bertz CT molecular complexity index is 631. The molecule has 1 amide bonds. The summed E-state index contributed by atoms with van der Waals surface area (Å²) in [6.45, 7) is -0.900. The molecule has 0 spiro atoms. The van der Waals surface area contributed by atoms with Gasteiger partial charge < -0.3 is 14.8 Å². The second kappa shape index (κ2) is 9.22. The quantitative estimate of drug-likeness (QED) is 0.741. The van der Waals surface area contributed by atoms with Crippen molar-refractivity contribution in [1.29, 1.82) is 0 Å². The van der Waals surface area contributed by atoms with E-state index in [2.05, 4.69) is 15.0 Å². The number of hydrogen-bond acceptors (Lipinski definition) is 5. The Balaban J connectivity index is 0.00000338. The van der Waals surface area contributed by atoms with E-state index in [1.54, 1.807) is 0 Å². The summed E-state index contributed by atoms with van der Waals surface area (Å²) in [6, 6.07) is 0.689. The van der Waals surface area contributed by atoms with Crippen molar-refractivity contribution in [2.24, 2.45) is 0 Å². The van der Waals surface area contributed by atoms with Gasteiger partial charge in [-0.05, 0) is 32.5 Å². The van der Waals surface area contributed by atoms with Gasteiger partial charge in [-0.2, -0.15) is 18.2 Å². The molecule has 1 aromatic heterocycles. The van der Waals surface area contributed by atoms with Gasteiger partial charge in [-0.25, -0.2) is 4.39 Å². The lowest BCUT2D eigenvalue weighted by atomic mass is 10.2. The van der Waals surface area contributed by atoms with Crippen LogP contribution < -0.4 is 14.8 Å². The molecular formula is C15H20ClF4N3O3. The number of hydrogen-bond donors (Lipinski definition) is 1. The first-order valence-electron chi connectivity index (χ1n) is 7.62. The number of ether oxygens (including phenoxy) is 2. The van der Waals surface area contributed by atoms with E-state index in [1.165, 1.54) is 7.11 Å². The van der Waals surface area contributed by atoms with Crippen molar-refractivity contribution < 1.29 is 31.8 Å². The van der Waals surface area contributed by atoms with Gasteiger partial charge >= 0.3 is 6.18 Å². The number of carbonyl (C=O) groups excluding carboxylic acids is 1. The Hall–Kier alpha value is -1.81. The van der Waals surface area contributed by atoms with E-state index in [-0.39, 0.29) is 42.3 Å². The predicted octanol–water partition coefficient (Wildman–Crippen LogP) is 2.30. The van der Waals surface area contributed by atoms with Crippen molar-refractivity contribution in [2.45, 2.75) is 31.6 Å². The number of methoxy groups -OCH3 is 1. The molecular weight excluding hydrogens is 382 g/mol. The monoisotopic (exact) mass is 401 g/mol. The summed E-state index contributed by atoms with van der Waals surface area (Å²) in [5, 5.41) is 2.66. The zero-order chi connectivity index (χ0) is 18.6. The lowest BCUT2D eigenvalue weighted by Crippen LogP contribution is -2.41. The minimum absolute atomic E-state index is 0. The number of nitrogens with one attached hydrogen (secondary N) is 1. The normalized spacial score (nSPS) is 17.5. The molecule has 2 rings (SSSR count). The van der Waals surface area contributed by atoms with Gasteiger partial charge in [0.05, 0.1) is 13.2 Å². The SMILES string of the molecule is COc1nc(OCC(F)(F)F)c(F)cc1CNC(=O)C1CCCN1C.Cl. The minimum atomic E-state index is -4.61. The van der Waals surface area contributed by atoms with Crippen molar-refractivity contribution in [3.05, 3.63) is 17.4 Å². The molecule has 2 heterocycles. The summed E-state index contributed by atoms with van der Waals surface area (Å²) >= 11 is 0. The highest BCUT2D eigenvalue weighted by atomic mass is 35.5. The molecule has 11 heteroatoms. The Morgan fingerprint density at radius 2 is 2.12 bits per heavy atom. The van der Waals surface area contributed by atoms with Crippen LogP contribution >= 0.6 is 12.4 Å². The minimum Gasteiger partial charge on any atom is -0.481 e. The molecule has 1 N–H and O–H groups in total. The molecule has 26 heavy (non-hydrogen) atoms. The number of nitrogens with zero attached hydrogens (tertiary/aromatic N) is 2. The Morgan fingerprint density at radius 3 is 2.65 bits per heavy atom. The number of halogens is 5. The van der Waals surface area contributed by atoms with Crippen LogP contribution in [-0.4, -0.2) is 55.3 Å². The molecule has 1 aromatic rings. The van der Waals surface area contributed by atoms with Gasteiger partial charge in [0.15, 0.2) is 12.4 Å². The highest BCUT2D eigenvalue weighted by molar-refractivity contribution is 5.85. The number of alkyl halides is 3. The summed E-state index contributed by atoms with van der Waals surface area (Å²) in [7, 11) is 3.08. The van der Waals surface area contributed by atoms with Gasteiger partial charge in [0, 0.05) is 12.1 Å². The Kier molecular flexibility index (Phi) is 7.88. The molecule has 0 aromatic carbocycles. The number of likely N-dealkylation sites (tertiary alicyclic amines) is 1. The molecule has 0 radical (unpaired) electrons. The van der Waals surface area contributed by atoms with Crippen LogP contribution in [0, 0.1) is 5.82 Å². The second-order valence-electron chi connectivity index (χ2n) is 5.70. The topological polar surface area (TPSA) is 63.7 Å². The second-order valence-corrected chi connectivity index (χ2v) is 5.70. The Labute approximate surface area is 154 Å². The molecule has 148 valence electrons. The van der Waals surface area contributed by atoms with Crippen LogP contribution in [0.25, 0.3) is 0 Å². The summed E-state index contributed by atoms with van der Waals surface area (Å²) in [4.78, 5) is 17.7. The maximum Gasteiger partial charge on any atom is 0.422 e. The van der Waals surface area contributed by atoms with E-state index in [1.807, 2.05) is 11.9 Å². The number of pyridine rings is 1. The number of aromatic nitrogens is 1. The third-order valence-electron chi connectivity index (χ3n) is 3.83. The standard InChI is InChI=1S/C15H19F4N3O3.ClH/c1-22-5-3-4-11(22)12(23)20-7-9-6-10(16)14(21-13(9)24-2)25-8-15(17,18)19;/h6,11H,3-5,7-8H2,1-2H3,(H,20,23);1H. The van der Waals surface area contributed by atoms with Crippen LogP contribution in [0.2, 0.25) is 0 Å². The van der Waals surface area contributed by atoms with Gasteiger partial charge in [-0.15, -0.1) is 12.4 Å².